The molecule has 8 nitrogen and oxygen atoms in total. The van der Waals surface area contributed by atoms with Gasteiger partial charge in [-0.2, -0.15) is 0 Å². The van der Waals surface area contributed by atoms with Gasteiger partial charge in [-0.3, -0.25) is 4.79 Å². The van der Waals surface area contributed by atoms with Crippen molar-refractivity contribution in [2.24, 2.45) is 11.8 Å². The van der Waals surface area contributed by atoms with E-state index in [9.17, 15) is 19.8 Å². The zero-order chi connectivity index (χ0) is 26.5. The van der Waals surface area contributed by atoms with E-state index in [2.05, 4.69) is 5.32 Å². The van der Waals surface area contributed by atoms with Crippen LogP contribution in [0.3, 0.4) is 0 Å². The van der Waals surface area contributed by atoms with Crippen molar-refractivity contribution < 1.29 is 29.3 Å². The molecule has 2 aliphatic rings. The van der Waals surface area contributed by atoms with Crippen LogP contribution in [-0.2, 0) is 9.53 Å². The zero-order valence-corrected chi connectivity index (χ0v) is 22.5. The molecule has 202 valence electrons. The minimum atomic E-state index is -0.515. The third-order valence-corrected chi connectivity index (χ3v) is 7.21. The van der Waals surface area contributed by atoms with Crippen molar-refractivity contribution in [3.63, 3.8) is 0 Å². The summed E-state index contributed by atoms with van der Waals surface area (Å²) in [5.74, 6) is 0.274. The quantitative estimate of drug-likeness (QED) is 0.432. The second-order valence-electron chi connectivity index (χ2n) is 11.6. The standard InChI is InChI=1S/C28H44N2O6/c1-18(2)21-15-24(23(32)16-22(21)31)35-27(34)30-13-11-19(12-14-30)17-29-25(20-9-7-6-8-10-20)26(33)36-28(3,4)5/h15-16,18-20,25,29,31-32H,6-14,17H2,1-5H3/t25-/m0/s1. The molecule has 1 aliphatic carbocycles. The summed E-state index contributed by atoms with van der Waals surface area (Å²) in [5, 5.41) is 23.7. The van der Waals surface area contributed by atoms with Crippen molar-refractivity contribution >= 4 is 12.1 Å². The van der Waals surface area contributed by atoms with Crippen LogP contribution >= 0.6 is 0 Å². The van der Waals surface area contributed by atoms with Gasteiger partial charge in [-0.05, 0) is 76.8 Å². The molecule has 2 fully saturated rings. The molecular formula is C28H44N2O6. The number of hydrogen-bond donors (Lipinski definition) is 3. The first-order chi connectivity index (χ1) is 16.9. The van der Waals surface area contributed by atoms with E-state index in [-0.39, 0.29) is 35.2 Å². The topological polar surface area (TPSA) is 108 Å². The molecule has 1 amide bonds. The van der Waals surface area contributed by atoms with Gasteiger partial charge < -0.3 is 29.9 Å². The first kappa shape index (κ1) is 28.1. The van der Waals surface area contributed by atoms with Crippen LogP contribution in [0.2, 0.25) is 0 Å². The molecule has 1 atom stereocenters. The summed E-state index contributed by atoms with van der Waals surface area (Å²) in [4.78, 5) is 27.4. The summed E-state index contributed by atoms with van der Waals surface area (Å²) in [5.41, 5.74) is 0.0945. The largest absolute Gasteiger partial charge is 0.508 e. The molecule has 1 aliphatic heterocycles. The summed E-state index contributed by atoms with van der Waals surface area (Å²) < 4.78 is 11.2. The van der Waals surface area contributed by atoms with Crippen LogP contribution in [0.4, 0.5) is 4.79 Å². The monoisotopic (exact) mass is 504 g/mol. The molecule has 1 saturated carbocycles. The SMILES string of the molecule is CC(C)c1cc(OC(=O)N2CCC(CN[C@H](C(=O)OC(C)(C)C)C3CCCCC3)CC2)c(O)cc1O. The first-order valence-corrected chi connectivity index (χ1v) is 13.4. The second kappa shape index (κ2) is 12.2. The molecule has 0 radical (unpaired) electrons. The molecule has 1 aromatic carbocycles. The van der Waals surface area contributed by atoms with Crippen molar-refractivity contribution in [3.8, 4) is 17.2 Å². The van der Waals surface area contributed by atoms with Crippen LogP contribution in [0.5, 0.6) is 17.2 Å². The summed E-state index contributed by atoms with van der Waals surface area (Å²) in [6.45, 7) is 11.3. The van der Waals surface area contributed by atoms with E-state index in [1.165, 1.54) is 18.6 Å². The highest BCUT2D eigenvalue weighted by Gasteiger charge is 2.34. The average Bonchev–Trinajstić information content (AvgIpc) is 2.80. The molecular weight excluding hydrogens is 460 g/mol. The Morgan fingerprint density at radius 2 is 1.67 bits per heavy atom. The number of rotatable bonds is 7. The molecule has 0 bridgehead atoms. The van der Waals surface area contributed by atoms with E-state index in [1.54, 1.807) is 4.90 Å². The number of benzene rings is 1. The van der Waals surface area contributed by atoms with Gasteiger partial charge >= 0.3 is 12.1 Å². The fraction of sp³-hybridized carbons (Fsp3) is 0.714. The lowest BCUT2D eigenvalue weighted by Crippen LogP contribution is -2.49. The number of phenols is 2. The second-order valence-corrected chi connectivity index (χ2v) is 11.6. The third kappa shape index (κ3) is 7.76. The number of nitrogens with zero attached hydrogens (tertiary/aromatic N) is 1. The van der Waals surface area contributed by atoms with Crippen molar-refractivity contribution in [2.45, 2.75) is 97.1 Å². The number of amides is 1. The maximum atomic E-state index is 13.0. The van der Waals surface area contributed by atoms with E-state index in [4.69, 9.17) is 9.47 Å². The van der Waals surface area contributed by atoms with E-state index in [0.717, 1.165) is 38.5 Å². The van der Waals surface area contributed by atoms with Gasteiger partial charge in [0.1, 0.15) is 17.4 Å². The third-order valence-electron chi connectivity index (χ3n) is 7.21. The lowest BCUT2D eigenvalue weighted by atomic mass is 9.83. The number of carbonyl (C=O) groups excluding carboxylic acids is 2. The summed E-state index contributed by atoms with van der Waals surface area (Å²) in [6, 6.07) is 2.44. The fourth-order valence-electron chi connectivity index (χ4n) is 5.16. The summed E-state index contributed by atoms with van der Waals surface area (Å²) in [6.07, 6.45) is 6.72. The van der Waals surface area contributed by atoms with Gasteiger partial charge in [0.2, 0.25) is 0 Å². The Labute approximate surface area is 215 Å². The number of hydrogen-bond acceptors (Lipinski definition) is 7. The number of aromatic hydroxyl groups is 2. The molecule has 0 unspecified atom stereocenters. The van der Waals surface area contributed by atoms with Crippen molar-refractivity contribution in [1.29, 1.82) is 0 Å². The number of likely N-dealkylation sites (tertiary alicyclic amines) is 1. The minimum absolute atomic E-state index is 0.0180. The lowest BCUT2D eigenvalue weighted by Gasteiger charge is -2.35. The Bertz CT molecular complexity index is 896. The normalized spacial score (nSPS) is 18.8. The minimum Gasteiger partial charge on any atom is -0.508 e. The van der Waals surface area contributed by atoms with Crippen molar-refractivity contribution in [3.05, 3.63) is 17.7 Å². The molecule has 3 rings (SSSR count). The average molecular weight is 505 g/mol. The van der Waals surface area contributed by atoms with Crippen LogP contribution in [0.25, 0.3) is 0 Å². The van der Waals surface area contributed by atoms with Gasteiger partial charge in [-0.15, -0.1) is 0 Å². The first-order valence-electron chi connectivity index (χ1n) is 13.4. The lowest BCUT2D eigenvalue weighted by molar-refractivity contribution is -0.159. The molecule has 8 heteroatoms. The number of ether oxygens (including phenoxy) is 2. The maximum absolute atomic E-state index is 13.0. The molecule has 0 aromatic heterocycles. The van der Waals surface area contributed by atoms with E-state index < -0.39 is 11.7 Å². The van der Waals surface area contributed by atoms with Gasteiger partial charge in [0, 0.05) is 24.7 Å². The van der Waals surface area contributed by atoms with Crippen molar-refractivity contribution in [1.82, 2.24) is 10.2 Å². The summed E-state index contributed by atoms with van der Waals surface area (Å²) >= 11 is 0. The molecule has 1 aromatic rings. The number of esters is 1. The highest BCUT2D eigenvalue weighted by atomic mass is 16.6. The molecule has 3 N–H and O–H groups in total. The Morgan fingerprint density at radius 1 is 1.03 bits per heavy atom. The van der Waals surface area contributed by atoms with Crippen LogP contribution in [0.15, 0.2) is 12.1 Å². The van der Waals surface area contributed by atoms with Gasteiger partial charge in [-0.25, -0.2) is 4.79 Å². The number of piperidine rings is 1. The molecule has 0 spiro atoms. The zero-order valence-electron chi connectivity index (χ0n) is 22.5. The Balaban J connectivity index is 1.53. The van der Waals surface area contributed by atoms with E-state index in [0.29, 0.717) is 37.0 Å². The summed E-state index contributed by atoms with van der Waals surface area (Å²) in [7, 11) is 0. The number of carbonyl (C=O) groups is 2. The predicted octanol–water partition coefficient (Wildman–Crippen LogP) is 5.31. The highest BCUT2D eigenvalue weighted by Crippen LogP contribution is 2.37. The van der Waals surface area contributed by atoms with E-state index in [1.807, 2.05) is 34.6 Å². The maximum Gasteiger partial charge on any atom is 0.415 e. The van der Waals surface area contributed by atoms with Crippen LogP contribution in [0.1, 0.15) is 91.0 Å². The predicted molar refractivity (Wildman–Crippen MR) is 138 cm³/mol. The Morgan fingerprint density at radius 3 is 2.25 bits per heavy atom. The number of nitrogens with one attached hydrogen (secondary N) is 1. The Hall–Kier alpha value is -2.48. The van der Waals surface area contributed by atoms with Gasteiger partial charge in [0.05, 0.1) is 0 Å². The molecule has 1 heterocycles. The fourth-order valence-corrected chi connectivity index (χ4v) is 5.16. The van der Waals surface area contributed by atoms with Crippen LogP contribution < -0.4 is 10.1 Å². The number of phenolic OH excluding ortho intramolecular Hbond substituents is 2. The molecule has 1 saturated heterocycles. The Kier molecular flexibility index (Phi) is 9.50. The van der Waals surface area contributed by atoms with E-state index >= 15 is 0 Å². The van der Waals surface area contributed by atoms with Gasteiger partial charge in [0.15, 0.2) is 11.5 Å². The van der Waals surface area contributed by atoms with Gasteiger partial charge in [0.25, 0.3) is 0 Å². The van der Waals surface area contributed by atoms with Gasteiger partial charge in [-0.1, -0.05) is 33.1 Å². The van der Waals surface area contributed by atoms with Crippen molar-refractivity contribution in [2.75, 3.05) is 19.6 Å². The smallest absolute Gasteiger partial charge is 0.415 e. The van der Waals surface area contributed by atoms with Crippen LogP contribution in [0, 0.1) is 11.8 Å². The molecule has 36 heavy (non-hydrogen) atoms. The van der Waals surface area contributed by atoms with Crippen LogP contribution in [-0.4, -0.2) is 58.5 Å². The highest BCUT2D eigenvalue weighted by molar-refractivity contribution is 5.76.